The quantitative estimate of drug-likeness (QED) is 0.354. The third-order valence-corrected chi connectivity index (χ3v) is 6.18. The molecule has 0 fully saturated rings. The van der Waals surface area contributed by atoms with Crippen LogP contribution in [0.4, 0.5) is 4.79 Å². The third kappa shape index (κ3) is 5.72. The van der Waals surface area contributed by atoms with Gasteiger partial charge in [-0.15, -0.1) is 4.99 Å². The number of carbonyl (C=O) groups excluding carboxylic acids is 1. The van der Waals surface area contributed by atoms with Crippen molar-refractivity contribution >= 4 is 23.0 Å². The zero-order chi connectivity index (χ0) is 25.7. The normalized spacial score (nSPS) is 12.6. The number of aryl methyl sites for hydroxylation is 2. The molecular weight excluding hydrogens is 456 g/mol. The average molecular weight is 487 g/mol. The summed E-state index contributed by atoms with van der Waals surface area (Å²) in [5.41, 5.74) is 6.24. The molecule has 0 aliphatic rings. The Kier molecular flexibility index (Phi) is 7.65. The zero-order valence-electron chi connectivity index (χ0n) is 20.4. The Labute approximate surface area is 209 Å². The Balaban J connectivity index is 1.90. The number of aliphatic hydroxyl groups is 1. The fraction of sp³-hybridized carbons (Fsp3) is 0.250. The van der Waals surface area contributed by atoms with Crippen molar-refractivity contribution in [1.29, 1.82) is 0 Å². The lowest BCUT2D eigenvalue weighted by Gasteiger charge is -2.21. The summed E-state index contributed by atoms with van der Waals surface area (Å²) in [5, 5.41) is 21.7. The molecule has 8 heteroatoms. The van der Waals surface area contributed by atoms with Crippen LogP contribution in [0.2, 0.25) is 0 Å². The van der Waals surface area contributed by atoms with Crippen molar-refractivity contribution in [2.75, 3.05) is 13.2 Å². The summed E-state index contributed by atoms with van der Waals surface area (Å²) in [6.07, 6.45) is -0.776. The largest absolute Gasteiger partial charge is 0.463 e. The Morgan fingerprint density at radius 2 is 1.47 bits per heavy atom. The lowest BCUT2D eigenvalue weighted by Crippen LogP contribution is -2.38. The molecule has 3 N–H and O–H groups in total. The standard InChI is InChI=1S/C28H30N4O4/c1-19-7-11-21(12-8-19)15-23(16-29-26(34)18-33)32-25-6-4-3-5-24(25)31(27(32)30-28(35)36)17-22-13-9-20(2)10-14-22/h3-14,23,33H,15-18H2,1-2H3,(H,29,34)(H,35,36)/b30-27+. The Morgan fingerprint density at radius 3 is 2.06 bits per heavy atom. The van der Waals surface area contributed by atoms with Gasteiger partial charge >= 0.3 is 6.09 Å². The van der Waals surface area contributed by atoms with E-state index in [9.17, 15) is 19.8 Å². The SMILES string of the molecule is Cc1ccc(CC(CNC(=O)CO)n2/c(=N/C(=O)O)n(Cc3ccc(C)cc3)c3ccccc32)cc1. The number of benzene rings is 3. The summed E-state index contributed by atoms with van der Waals surface area (Å²) in [5.74, 6) is -0.496. The van der Waals surface area contributed by atoms with E-state index < -0.39 is 18.6 Å². The highest BCUT2D eigenvalue weighted by Gasteiger charge is 2.21. The number of hydrogen-bond acceptors (Lipinski definition) is 3. The molecule has 0 aliphatic carbocycles. The van der Waals surface area contributed by atoms with Crippen molar-refractivity contribution in [2.45, 2.75) is 32.9 Å². The highest BCUT2D eigenvalue weighted by molar-refractivity contribution is 5.78. The smallest absolute Gasteiger partial charge is 0.434 e. The minimum absolute atomic E-state index is 0.193. The number of rotatable bonds is 8. The first-order chi connectivity index (χ1) is 17.4. The number of para-hydroxylation sites is 2. The van der Waals surface area contributed by atoms with Crippen molar-refractivity contribution in [3.05, 3.63) is 101 Å². The Hall–Kier alpha value is -4.17. The molecule has 0 spiro atoms. The molecule has 4 rings (SSSR count). The first kappa shape index (κ1) is 24.9. The van der Waals surface area contributed by atoms with Crippen molar-refractivity contribution < 1.29 is 19.8 Å². The number of amides is 2. The van der Waals surface area contributed by atoms with E-state index in [2.05, 4.69) is 10.3 Å². The molecule has 186 valence electrons. The second-order valence-corrected chi connectivity index (χ2v) is 8.93. The van der Waals surface area contributed by atoms with E-state index in [1.807, 2.05) is 95.8 Å². The molecule has 0 bridgehead atoms. The number of aliphatic hydroxyl groups excluding tert-OH is 1. The maximum Gasteiger partial charge on any atom is 0.434 e. The highest BCUT2D eigenvalue weighted by Crippen LogP contribution is 2.22. The van der Waals surface area contributed by atoms with Crippen molar-refractivity contribution in [3.63, 3.8) is 0 Å². The van der Waals surface area contributed by atoms with Crippen molar-refractivity contribution in [1.82, 2.24) is 14.5 Å². The second-order valence-electron chi connectivity index (χ2n) is 8.93. The summed E-state index contributed by atoms with van der Waals surface area (Å²) in [7, 11) is 0. The molecule has 36 heavy (non-hydrogen) atoms. The number of hydrogen-bond donors (Lipinski definition) is 3. The van der Waals surface area contributed by atoms with Gasteiger partial charge in [-0.3, -0.25) is 4.79 Å². The third-order valence-electron chi connectivity index (χ3n) is 6.18. The number of carboxylic acid groups (broad SMARTS) is 1. The van der Waals surface area contributed by atoms with Crippen LogP contribution in [0, 0.1) is 13.8 Å². The van der Waals surface area contributed by atoms with Crippen LogP contribution in [0.25, 0.3) is 11.0 Å². The van der Waals surface area contributed by atoms with Gasteiger partial charge in [0.05, 0.1) is 23.6 Å². The van der Waals surface area contributed by atoms with Crippen molar-refractivity contribution in [3.8, 4) is 0 Å². The second kappa shape index (κ2) is 11.0. The van der Waals surface area contributed by atoms with E-state index in [0.717, 1.165) is 33.3 Å². The van der Waals surface area contributed by atoms with Crippen molar-refractivity contribution in [2.24, 2.45) is 4.99 Å². The molecule has 1 aromatic heterocycles. The predicted molar refractivity (Wildman–Crippen MR) is 138 cm³/mol. The van der Waals surface area contributed by atoms with Crippen LogP contribution in [0.5, 0.6) is 0 Å². The van der Waals surface area contributed by atoms with Gasteiger partial charge in [0.15, 0.2) is 0 Å². The van der Waals surface area contributed by atoms with Gasteiger partial charge in [-0.05, 0) is 43.5 Å². The van der Waals surface area contributed by atoms with Crippen LogP contribution in [-0.2, 0) is 17.8 Å². The van der Waals surface area contributed by atoms with Crippen LogP contribution in [0.1, 0.15) is 28.3 Å². The van der Waals surface area contributed by atoms with E-state index in [1.165, 1.54) is 0 Å². The fourth-order valence-corrected chi connectivity index (χ4v) is 4.37. The van der Waals surface area contributed by atoms with Crippen LogP contribution < -0.4 is 10.9 Å². The summed E-state index contributed by atoms with van der Waals surface area (Å²) >= 11 is 0. The summed E-state index contributed by atoms with van der Waals surface area (Å²) < 4.78 is 3.78. The van der Waals surface area contributed by atoms with Crippen LogP contribution >= 0.6 is 0 Å². The van der Waals surface area contributed by atoms with E-state index in [0.29, 0.717) is 13.0 Å². The molecule has 1 heterocycles. The van der Waals surface area contributed by atoms with Crippen LogP contribution in [0.15, 0.2) is 77.8 Å². The number of nitrogens with one attached hydrogen (secondary N) is 1. The molecule has 1 atom stereocenters. The van der Waals surface area contributed by atoms with E-state index in [4.69, 9.17) is 0 Å². The minimum atomic E-state index is -1.30. The molecule has 0 saturated carbocycles. The molecular formula is C28H30N4O4. The molecule has 4 aromatic rings. The number of nitrogens with zero attached hydrogens (tertiary/aromatic N) is 3. The Morgan fingerprint density at radius 1 is 0.889 bits per heavy atom. The average Bonchev–Trinajstić information content (AvgIpc) is 3.16. The molecule has 3 aromatic carbocycles. The molecule has 2 amide bonds. The fourth-order valence-electron chi connectivity index (χ4n) is 4.37. The number of aromatic nitrogens is 2. The van der Waals surface area contributed by atoms with E-state index in [-0.39, 0.29) is 18.2 Å². The summed E-state index contributed by atoms with van der Waals surface area (Å²) in [4.78, 5) is 27.8. The zero-order valence-corrected chi connectivity index (χ0v) is 20.4. The molecule has 8 nitrogen and oxygen atoms in total. The van der Waals surface area contributed by atoms with Gasteiger partial charge in [-0.2, -0.15) is 0 Å². The van der Waals surface area contributed by atoms with E-state index in [1.54, 1.807) is 0 Å². The van der Waals surface area contributed by atoms with Gasteiger partial charge in [0.1, 0.15) is 6.61 Å². The van der Waals surface area contributed by atoms with Crippen LogP contribution in [-0.4, -0.2) is 44.5 Å². The first-order valence-electron chi connectivity index (χ1n) is 11.8. The predicted octanol–water partition coefficient (Wildman–Crippen LogP) is 3.58. The molecule has 0 saturated heterocycles. The monoisotopic (exact) mass is 486 g/mol. The maximum absolute atomic E-state index is 12.0. The molecule has 1 unspecified atom stereocenters. The summed E-state index contributed by atoms with van der Waals surface area (Å²) in [6.45, 7) is 4.03. The number of carbonyl (C=O) groups is 2. The van der Waals surface area contributed by atoms with Gasteiger partial charge in [-0.1, -0.05) is 71.8 Å². The first-order valence-corrected chi connectivity index (χ1v) is 11.8. The molecule has 0 radical (unpaired) electrons. The molecule has 0 aliphatic heterocycles. The maximum atomic E-state index is 12.0. The lowest BCUT2D eigenvalue weighted by atomic mass is 10.0. The Bertz CT molecular complexity index is 1430. The number of fused-ring (bicyclic) bond motifs is 1. The van der Waals surface area contributed by atoms with Gasteiger partial charge < -0.3 is 24.7 Å². The van der Waals surface area contributed by atoms with Gasteiger partial charge in [-0.25, -0.2) is 4.79 Å². The summed E-state index contributed by atoms with van der Waals surface area (Å²) in [6, 6.07) is 23.5. The van der Waals surface area contributed by atoms with Gasteiger partial charge in [0.25, 0.3) is 0 Å². The topological polar surface area (TPSA) is 109 Å². The van der Waals surface area contributed by atoms with Gasteiger partial charge in [0.2, 0.25) is 11.5 Å². The minimum Gasteiger partial charge on any atom is -0.463 e. The van der Waals surface area contributed by atoms with Gasteiger partial charge in [0, 0.05) is 6.54 Å². The number of imidazole rings is 1. The lowest BCUT2D eigenvalue weighted by molar-refractivity contribution is -0.123. The highest BCUT2D eigenvalue weighted by atomic mass is 16.4. The van der Waals surface area contributed by atoms with E-state index >= 15 is 0 Å². The van der Waals surface area contributed by atoms with Crippen LogP contribution in [0.3, 0.4) is 0 Å².